The topological polar surface area (TPSA) is 68.2 Å². The Morgan fingerprint density at radius 1 is 1.31 bits per heavy atom. The lowest BCUT2D eigenvalue weighted by atomic mass is 9.98. The number of nitrogens with zero attached hydrogens (tertiary/aromatic N) is 2. The molecule has 1 aliphatic carbocycles. The molecule has 29 heavy (non-hydrogen) atoms. The Morgan fingerprint density at radius 2 is 2.17 bits per heavy atom. The summed E-state index contributed by atoms with van der Waals surface area (Å²) in [5.74, 6) is 0.423. The zero-order chi connectivity index (χ0) is 19.8. The molecule has 150 valence electrons. The molecule has 2 aromatic rings. The van der Waals surface area contributed by atoms with Crippen LogP contribution in [0.4, 0.5) is 5.69 Å². The SMILES string of the molecule is N#C[C@H](Cc1ccc(N2CCc3sccc3C2)cc1)NC(=O)[C@H]1N[C@@H]2CC[C@H]1C2. The van der Waals surface area contributed by atoms with E-state index in [2.05, 4.69) is 57.3 Å². The molecule has 1 amide bonds. The first-order chi connectivity index (χ1) is 14.2. The van der Waals surface area contributed by atoms with Crippen LogP contribution >= 0.6 is 11.3 Å². The summed E-state index contributed by atoms with van der Waals surface area (Å²) in [5.41, 5.74) is 3.73. The van der Waals surface area contributed by atoms with E-state index < -0.39 is 6.04 Å². The number of benzene rings is 1. The van der Waals surface area contributed by atoms with E-state index in [0.717, 1.165) is 37.9 Å². The van der Waals surface area contributed by atoms with Crippen LogP contribution in [-0.2, 0) is 24.2 Å². The Morgan fingerprint density at radius 3 is 2.90 bits per heavy atom. The maximum atomic E-state index is 12.6. The number of hydrogen-bond donors (Lipinski definition) is 2. The summed E-state index contributed by atoms with van der Waals surface area (Å²) < 4.78 is 0. The number of amides is 1. The van der Waals surface area contributed by atoms with Crippen molar-refractivity contribution in [3.05, 3.63) is 51.7 Å². The fourth-order valence-electron chi connectivity index (χ4n) is 5.09. The molecule has 5 nitrogen and oxygen atoms in total. The molecule has 2 fully saturated rings. The predicted molar refractivity (Wildman–Crippen MR) is 115 cm³/mol. The van der Waals surface area contributed by atoms with E-state index in [-0.39, 0.29) is 11.9 Å². The summed E-state index contributed by atoms with van der Waals surface area (Å²) in [6.45, 7) is 2.01. The van der Waals surface area contributed by atoms with E-state index in [1.54, 1.807) is 0 Å². The third-order valence-corrected chi connectivity index (χ3v) is 7.69. The zero-order valence-electron chi connectivity index (χ0n) is 16.4. The minimum Gasteiger partial charge on any atom is -0.367 e. The zero-order valence-corrected chi connectivity index (χ0v) is 17.3. The average Bonchev–Trinajstić information content (AvgIpc) is 3.50. The van der Waals surface area contributed by atoms with Gasteiger partial charge in [0.25, 0.3) is 0 Å². The van der Waals surface area contributed by atoms with Crippen LogP contribution in [0.25, 0.3) is 0 Å². The molecule has 0 unspecified atom stereocenters. The van der Waals surface area contributed by atoms with Gasteiger partial charge in [-0.05, 0) is 66.3 Å². The van der Waals surface area contributed by atoms with E-state index >= 15 is 0 Å². The van der Waals surface area contributed by atoms with Gasteiger partial charge in [-0.3, -0.25) is 4.79 Å². The first-order valence-corrected chi connectivity index (χ1v) is 11.4. The molecule has 2 N–H and O–H groups in total. The Hall–Kier alpha value is -2.36. The second-order valence-electron chi connectivity index (χ2n) is 8.52. The standard InChI is InChI=1S/C23H26N4OS/c24-13-19(26-23(28)22-16-3-4-18(12-16)25-22)11-15-1-5-20(6-2-15)27-9-7-21-17(14-27)8-10-29-21/h1-2,5-6,8,10,16,18-19,22,25H,3-4,7,9,11-12,14H2,(H,26,28)/t16-,18+,19-,22-/m0/s1. The maximum Gasteiger partial charge on any atom is 0.238 e. The van der Waals surface area contributed by atoms with Crippen molar-refractivity contribution >= 4 is 22.9 Å². The number of hydrogen-bond acceptors (Lipinski definition) is 5. The number of anilines is 1. The van der Waals surface area contributed by atoms with Gasteiger partial charge >= 0.3 is 0 Å². The molecule has 1 aromatic heterocycles. The molecule has 5 rings (SSSR count). The third-order valence-electron chi connectivity index (χ3n) is 6.66. The minimum atomic E-state index is -0.488. The van der Waals surface area contributed by atoms with Gasteiger partial charge in [0.15, 0.2) is 0 Å². The van der Waals surface area contributed by atoms with E-state index in [1.165, 1.54) is 22.5 Å². The summed E-state index contributed by atoms with van der Waals surface area (Å²) in [5, 5.41) is 18.1. The molecule has 0 spiro atoms. The van der Waals surface area contributed by atoms with Gasteiger partial charge in [-0.1, -0.05) is 12.1 Å². The first kappa shape index (κ1) is 18.7. The van der Waals surface area contributed by atoms with Crippen LogP contribution in [0, 0.1) is 17.2 Å². The number of nitriles is 1. The van der Waals surface area contributed by atoms with Crippen molar-refractivity contribution in [3.63, 3.8) is 0 Å². The molecule has 1 saturated heterocycles. The van der Waals surface area contributed by atoms with Gasteiger partial charge in [-0.25, -0.2) is 0 Å². The molecule has 1 saturated carbocycles. The Kier molecular flexibility index (Phi) is 5.03. The summed E-state index contributed by atoms with van der Waals surface area (Å²) >= 11 is 1.86. The van der Waals surface area contributed by atoms with Crippen molar-refractivity contribution in [3.8, 4) is 6.07 Å². The van der Waals surface area contributed by atoms with Crippen LogP contribution in [0.2, 0.25) is 0 Å². The van der Waals surface area contributed by atoms with Crippen LogP contribution in [0.3, 0.4) is 0 Å². The Bertz CT molecular complexity index is 931. The fourth-order valence-corrected chi connectivity index (χ4v) is 5.98. The van der Waals surface area contributed by atoms with Gasteiger partial charge in [0, 0.05) is 36.1 Å². The highest BCUT2D eigenvalue weighted by Gasteiger charge is 2.43. The lowest BCUT2D eigenvalue weighted by molar-refractivity contribution is -0.124. The number of fused-ring (bicyclic) bond motifs is 3. The second kappa shape index (κ2) is 7.81. The van der Waals surface area contributed by atoms with Crippen LogP contribution in [0.1, 0.15) is 35.3 Å². The van der Waals surface area contributed by atoms with Crippen molar-refractivity contribution in [1.29, 1.82) is 5.26 Å². The summed E-state index contributed by atoms with van der Waals surface area (Å²) in [4.78, 5) is 16.5. The second-order valence-corrected chi connectivity index (χ2v) is 9.52. The normalized spacial score (nSPS) is 26.0. The third kappa shape index (κ3) is 3.77. The van der Waals surface area contributed by atoms with Gasteiger partial charge < -0.3 is 15.5 Å². The van der Waals surface area contributed by atoms with E-state index in [4.69, 9.17) is 0 Å². The molecule has 2 aliphatic heterocycles. The van der Waals surface area contributed by atoms with Crippen molar-refractivity contribution < 1.29 is 4.79 Å². The van der Waals surface area contributed by atoms with Gasteiger partial charge in [0.1, 0.15) is 6.04 Å². The van der Waals surface area contributed by atoms with Gasteiger partial charge in [0.05, 0.1) is 12.1 Å². The van der Waals surface area contributed by atoms with E-state index in [0.29, 0.717) is 18.4 Å². The molecule has 4 atom stereocenters. The number of rotatable bonds is 5. The lowest BCUT2D eigenvalue weighted by Crippen LogP contribution is -2.50. The van der Waals surface area contributed by atoms with Crippen LogP contribution in [0.15, 0.2) is 35.7 Å². The fraction of sp³-hybridized carbons (Fsp3) is 0.478. The molecule has 3 aliphatic rings. The molecule has 2 bridgehead atoms. The van der Waals surface area contributed by atoms with Crippen LogP contribution < -0.4 is 15.5 Å². The van der Waals surface area contributed by atoms with Crippen LogP contribution in [-0.4, -0.2) is 30.6 Å². The number of carbonyl (C=O) groups is 1. The molecular weight excluding hydrogens is 380 g/mol. The number of nitrogens with one attached hydrogen (secondary N) is 2. The summed E-state index contributed by atoms with van der Waals surface area (Å²) in [6.07, 6.45) is 5.04. The van der Waals surface area contributed by atoms with Gasteiger partial charge in [-0.15, -0.1) is 11.3 Å². The smallest absolute Gasteiger partial charge is 0.238 e. The lowest BCUT2D eigenvalue weighted by Gasteiger charge is -2.29. The number of thiophene rings is 1. The monoisotopic (exact) mass is 406 g/mol. The molecule has 3 heterocycles. The summed E-state index contributed by atoms with van der Waals surface area (Å²) in [7, 11) is 0. The minimum absolute atomic E-state index is 0.0137. The molecule has 6 heteroatoms. The molecular formula is C23H26N4OS. The highest BCUT2D eigenvalue weighted by molar-refractivity contribution is 7.10. The highest BCUT2D eigenvalue weighted by atomic mass is 32.1. The molecule has 1 aromatic carbocycles. The van der Waals surface area contributed by atoms with Crippen molar-refractivity contribution in [2.24, 2.45) is 5.92 Å². The Balaban J connectivity index is 1.19. The van der Waals surface area contributed by atoms with Gasteiger partial charge in [0.2, 0.25) is 5.91 Å². The highest BCUT2D eigenvalue weighted by Crippen LogP contribution is 2.35. The van der Waals surface area contributed by atoms with Crippen molar-refractivity contribution in [2.45, 2.75) is 56.8 Å². The van der Waals surface area contributed by atoms with Gasteiger partial charge in [-0.2, -0.15) is 5.26 Å². The van der Waals surface area contributed by atoms with Crippen LogP contribution in [0.5, 0.6) is 0 Å². The first-order valence-electron chi connectivity index (χ1n) is 10.5. The maximum absolute atomic E-state index is 12.6. The quantitative estimate of drug-likeness (QED) is 0.801. The average molecular weight is 407 g/mol. The largest absolute Gasteiger partial charge is 0.367 e. The predicted octanol–water partition coefficient (Wildman–Crippen LogP) is 3.00. The van der Waals surface area contributed by atoms with Crippen molar-refractivity contribution in [1.82, 2.24) is 10.6 Å². The molecule has 0 radical (unpaired) electrons. The van der Waals surface area contributed by atoms with E-state index in [9.17, 15) is 10.1 Å². The number of carbonyl (C=O) groups excluding carboxylic acids is 1. The summed E-state index contributed by atoms with van der Waals surface area (Å²) in [6, 6.07) is 12.8. The van der Waals surface area contributed by atoms with Crippen molar-refractivity contribution in [2.75, 3.05) is 11.4 Å². The van der Waals surface area contributed by atoms with E-state index in [1.807, 2.05) is 11.3 Å². The number of piperidine rings is 1. The Labute approximate surface area is 175 Å².